The third-order valence-corrected chi connectivity index (χ3v) is 8.58. The van der Waals surface area contributed by atoms with Crippen LogP contribution in [0.25, 0.3) is 5.69 Å². The predicted molar refractivity (Wildman–Crippen MR) is 138 cm³/mol. The van der Waals surface area contributed by atoms with Crippen molar-refractivity contribution < 1.29 is 9.59 Å². The van der Waals surface area contributed by atoms with Crippen molar-refractivity contribution in [3.05, 3.63) is 41.6 Å². The number of aryl methyl sites for hydroxylation is 1. The van der Waals surface area contributed by atoms with Gasteiger partial charge in [0.15, 0.2) is 0 Å². The third kappa shape index (κ3) is 4.52. The summed E-state index contributed by atoms with van der Waals surface area (Å²) in [7, 11) is 0. The summed E-state index contributed by atoms with van der Waals surface area (Å²) in [6.07, 6.45) is 6.97. The van der Waals surface area contributed by atoms with Crippen molar-refractivity contribution in [2.45, 2.75) is 78.6 Å². The van der Waals surface area contributed by atoms with Crippen LogP contribution in [0.5, 0.6) is 0 Å². The fraction of sp³-hybridized carbons (Fsp3) is 0.621. The van der Waals surface area contributed by atoms with Gasteiger partial charge >= 0.3 is 0 Å². The van der Waals surface area contributed by atoms with E-state index in [-0.39, 0.29) is 29.2 Å². The zero-order chi connectivity index (χ0) is 25.0. The maximum Gasteiger partial charge on any atom is 0.245 e. The van der Waals surface area contributed by atoms with E-state index in [1.807, 2.05) is 48.9 Å². The van der Waals surface area contributed by atoms with E-state index in [0.717, 1.165) is 36.2 Å². The number of hydrogen-bond acceptors (Lipinski definition) is 3. The lowest BCUT2D eigenvalue weighted by Crippen LogP contribution is -2.55. The average molecular weight is 477 g/mol. The molecule has 188 valence electrons. The molecule has 1 N–H and O–H groups in total. The molecule has 0 saturated heterocycles. The first-order valence-corrected chi connectivity index (χ1v) is 13.3. The van der Waals surface area contributed by atoms with E-state index in [9.17, 15) is 9.59 Å². The molecule has 1 aromatic carbocycles. The normalized spacial score (nSPS) is 27.2. The number of nitrogens with one attached hydrogen (secondary N) is 1. The van der Waals surface area contributed by atoms with Gasteiger partial charge in [-0.2, -0.15) is 5.10 Å². The first-order chi connectivity index (χ1) is 16.6. The Hall–Kier alpha value is -2.63. The summed E-state index contributed by atoms with van der Waals surface area (Å²) in [6.45, 7) is 11.0. The summed E-state index contributed by atoms with van der Waals surface area (Å²) in [5.41, 5.74) is 2.55. The molecule has 2 amide bonds. The Bertz CT molecular complexity index is 1090. The van der Waals surface area contributed by atoms with Crippen LogP contribution in [-0.4, -0.2) is 39.6 Å². The minimum atomic E-state index is -0.229. The van der Waals surface area contributed by atoms with Gasteiger partial charge in [0.2, 0.25) is 11.8 Å². The van der Waals surface area contributed by atoms with Crippen LogP contribution in [0.2, 0.25) is 0 Å². The third-order valence-electron chi connectivity index (χ3n) is 8.58. The molecule has 6 heteroatoms. The molecule has 4 aliphatic rings. The van der Waals surface area contributed by atoms with Crippen molar-refractivity contribution in [1.82, 2.24) is 14.7 Å². The van der Waals surface area contributed by atoms with Gasteiger partial charge < -0.3 is 10.2 Å². The summed E-state index contributed by atoms with van der Waals surface area (Å²) in [6, 6.07) is 10.00. The number of carbonyl (C=O) groups excluding carboxylic acids is 2. The van der Waals surface area contributed by atoms with E-state index in [1.165, 1.54) is 19.3 Å². The maximum atomic E-state index is 13.8. The van der Waals surface area contributed by atoms with Crippen LogP contribution >= 0.6 is 0 Å². The van der Waals surface area contributed by atoms with Gasteiger partial charge in [-0.3, -0.25) is 9.59 Å². The molecule has 4 aliphatic carbocycles. The van der Waals surface area contributed by atoms with Crippen LogP contribution in [0.3, 0.4) is 0 Å². The zero-order valence-corrected chi connectivity index (χ0v) is 21.9. The minimum absolute atomic E-state index is 0.0842. The Morgan fingerprint density at radius 3 is 2.23 bits per heavy atom. The molecule has 0 radical (unpaired) electrons. The number of anilines is 1. The van der Waals surface area contributed by atoms with Gasteiger partial charge in [0.1, 0.15) is 5.82 Å². The molecular weight excluding hydrogens is 436 g/mol. The van der Waals surface area contributed by atoms with Crippen LogP contribution in [0.4, 0.5) is 5.82 Å². The first-order valence-electron chi connectivity index (χ1n) is 13.3. The van der Waals surface area contributed by atoms with E-state index >= 15 is 0 Å². The highest BCUT2D eigenvalue weighted by atomic mass is 16.2. The Balaban J connectivity index is 1.35. The van der Waals surface area contributed by atoms with E-state index < -0.39 is 0 Å². The van der Waals surface area contributed by atoms with E-state index in [1.54, 1.807) is 4.90 Å². The Morgan fingerprint density at radius 1 is 1.09 bits per heavy atom. The Labute approximate surface area is 209 Å². The van der Waals surface area contributed by atoms with Crippen molar-refractivity contribution in [2.24, 2.45) is 23.2 Å². The number of likely N-dealkylation sites (N-methyl/N-ethyl adjacent to an activating group) is 1. The SMILES string of the molecule is CCN(CC(=O)Nc1cc(C(C)(C)C)nn1-c1ccccc1C)C(=O)C12CC3CC(CC(C3)C1)C2. The molecule has 6 rings (SSSR count). The van der Waals surface area contributed by atoms with Crippen LogP contribution in [-0.2, 0) is 15.0 Å². The van der Waals surface area contributed by atoms with Gasteiger partial charge in [-0.1, -0.05) is 39.0 Å². The Morgan fingerprint density at radius 2 is 1.69 bits per heavy atom. The van der Waals surface area contributed by atoms with Gasteiger partial charge in [-0.15, -0.1) is 0 Å². The van der Waals surface area contributed by atoms with Crippen molar-refractivity contribution in [3.8, 4) is 5.69 Å². The molecular formula is C29H40N4O2. The van der Waals surface area contributed by atoms with E-state index in [0.29, 0.717) is 30.1 Å². The highest BCUT2D eigenvalue weighted by molar-refractivity contribution is 5.95. The lowest BCUT2D eigenvalue weighted by atomic mass is 9.49. The lowest BCUT2D eigenvalue weighted by molar-refractivity contribution is -0.158. The largest absolute Gasteiger partial charge is 0.333 e. The average Bonchev–Trinajstić information content (AvgIpc) is 3.20. The van der Waals surface area contributed by atoms with Crippen LogP contribution in [0.15, 0.2) is 30.3 Å². The molecule has 2 aromatic rings. The second-order valence-corrected chi connectivity index (χ2v) is 12.4. The summed E-state index contributed by atoms with van der Waals surface area (Å²) in [4.78, 5) is 28.9. The van der Waals surface area contributed by atoms with Crippen molar-refractivity contribution in [3.63, 3.8) is 0 Å². The van der Waals surface area contributed by atoms with Crippen molar-refractivity contribution in [2.75, 3.05) is 18.4 Å². The van der Waals surface area contributed by atoms with Crippen LogP contribution < -0.4 is 5.32 Å². The summed E-state index contributed by atoms with van der Waals surface area (Å²) < 4.78 is 1.82. The standard InChI is InChI=1S/C29H40N4O2/c1-6-32(27(35)29-15-20-11-21(16-29)13-22(12-20)17-29)18-26(34)30-25-14-24(28(3,4)5)31-33(25)23-10-8-7-9-19(23)2/h7-10,14,20-22H,6,11-13,15-18H2,1-5H3,(H,30,34). The molecule has 35 heavy (non-hydrogen) atoms. The fourth-order valence-electron chi connectivity index (χ4n) is 7.21. The lowest BCUT2D eigenvalue weighted by Gasteiger charge is -2.56. The molecule has 0 spiro atoms. The van der Waals surface area contributed by atoms with Gasteiger partial charge in [0.25, 0.3) is 0 Å². The quantitative estimate of drug-likeness (QED) is 0.600. The molecule has 6 nitrogen and oxygen atoms in total. The van der Waals surface area contributed by atoms with Gasteiger partial charge in [0, 0.05) is 18.0 Å². The number of carbonyl (C=O) groups is 2. The number of rotatable bonds is 6. The van der Waals surface area contributed by atoms with E-state index in [4.69, 9.17) is 5.10 Å². The van der Waals surface area contributed by atoms with Gasteiger partial charge in [-0.25, -0.2) is 4.68 Å². The van der Waals surface area contributed by atoms with Crippen molar-refractivity contribution >= 4 is 17.6 Å². The number of hydrogen-bond donors (Lipinski definition) is 1. The highest BCUT2D eigenvalue weighted by Gasteiger charge is 2.55. The second-order valence-electron chi connectivity index (χ2n) is 12.4. The van der Waals surface area contributed by atoms with Crippen molar-refractivity contribution in [1.29, 1.82) is 0 Å². The molecule has 0 unspecified atom stereocenters. The van der Waals surface area contributed by atoms with Crippen LogP contribution in [0.1, 0.15) is 77.5 Å². The fourth-order valence-corrected chi connectivity index (χ4v) is 7.21. The molecule has 1 heterocycles. The molecule has 0 atom stereocenters. The highest BCUT2D eigenvalue weighted by Crippen LogP contribution is 2.60. The Kier molecular flexibility index (Phi) is 6.05. The number of aromatic nitrogens is 2. The molecule has 4 fully saturated rings. The number of amides is 2. The molecule has 4 bridgehead atoms. The maximum absolute atomic E-state index is 13.8. The minimum Gasteiger partial charge on any atom is -0.333 e. The summed E-state index contributed by atoms with van der Waals surface area (Å²) in [5, 5.41) is 7.94. The van der Waals surface area contributed by atoms with E-state index in [2.05, 4.69) is 26.1 Å². The van der Waals surface area contributed by atoms with Crippen LogP contribution in [0, 0.1) is 30.1 Å². The summed E-state index contributed by atoms with van der Waals surface area (Å²) >= 11 is 0. The van der Waals surface area contributed by atoms with Gasteiger partial charge in [0.05, 0.1) is 23.3 Å². The van der Waals surface area contributed by atoms with Gasteiger partial charge in [-0.05, 0) is 81.8 Å². The monoisotopic (exact) mass is 476 g/mol. The topological polar surface area (TPSA) is 67.2 Å². The smallest absolute Gasteiger partial charge is 0.245 e. The number of nitrogens with zero attached hydrogens (tertiary/aromatic N) is 3. The predicted octanol–water partition coefficient (Wildman–Crippen LogP) is 5.48. The molecule has 0 aliphatic heterocycles. The molecule has 1 aromatic heterocycles. The second kappa shape index (κ2) is 8.79. The first kappa shape index (κ1) is 24.1. The zero-order valence-electron chi connectivity index (χ0n) is 21.9. The number of benzene rings is 1. The number of para-hydroxylation sites is 1. The summed E-state index contributed by atoms with van der Waals surface area (Å²) in [5.74, 6) is 2.80. The molecule has 4 saturated carbocycles.